The van der Waals surface area contributed by atoms with E-state index in [0.717, 1.165) is 26.1 Å². The first-order chi connectivity index (χ1) is 7.42. The summed E-state index contributed by atoms with van der Waals surface area (Å²) in [6.45, 7) is 7.88. The fraction of sp³-hybridized carbons (Fsp3) is 0.833. The number of rotatable bonds is 2. The third-order valence-electron chi connectivity index (χ3n) is 3.35. The smallest absolute Gasteiger partial charge is 0.242 e. The zero-order valence-corrected chi connectivity index (χ0v) is 10.7. The number of amides is 1. The average Bonchev–Trinajstić information content (AvgIpc) is 2.28. The van der Waals surface area contributed by atoms with Gasteiger partial charge < -0.3 is 4.90 Å². The quantitative estimate of drug-likeness (QED) is 0.704. The molecular formula is C12H21N3O. The highest BCUT2D eigenvalue weighted by molar-refractivity contribution is 5.84. The molecule has 1 atom stereocenters. The second-order valence-corrected chi connectivity index (χ2v) is 5.03. The minimum atomic E-state index is -0.895. The van der Waals surface area contributed by atoms with Crippen molar-refractivity contribution in [2.75, 3.05) is 26.7 Å². The van der Waals surface area contributed by atoms with Gasteiger partial charge in [0.15, 0.2) is 0 Å². The van der Waals surface area contributed by atoms with E-state index in [1.54, 1.807) is 13.8 Å². The van der Waals surface area contributed by atoms with Crippen LogP contribution in [0.2, 0.25) is 0 Å². The van der Waals surface area contributed by atoms with Crippen LogP contribution in [0.4, 0.5) is 0 Å². The van der Waals surface area contributed by atoms with Gasteiger partial charge in [0.25, 0.3) is 0 Å². The maximum Gasteiger partial charge on any atom is 0.242 e. The van der Waals surface area contributed by atoms with Crippen LogP contribution >= 0.6 is 0 Å². The summed E-state index contributed by atoms with van der Waals surface area (Å²) in [5, 5.41) is 8.96. The van der Waals surface area contributed by atoms with Crippen LogP contribution < -0.4 is 0 Å². The molecule has 1 fully saturated rings. The van der Waals surface area contributed by atoms with E-state index in [0.29, 0.717) is 6.04 Å². The van der Waals surface area contributed by atoms with Gasteiger partial charge in [0, 0.05) is 25.7 Å². The number of nitriles is 1. The molecule has 0 aliphatic carbocycles. The molecule has 0 aromatic carbocycles. The van der Waals surface area contributed by atoms with E-state index in [4.69, 9.17) is 5.26 Å². The van der Waals surface area contributed by atoms with Crippen molar-refractivity contribution in [1.29, 1.82) is 5.26 Å². The van der Waals surface area contributed by atoms with Crippen LogP contribution in [0.15, 0.2) is 0 Å². The number of likely N-dealkylation sites (N-methyl/N-ethyl adjacent to an activating group) is 1. The number of piperazine rings is 1. The highest BCUT2D eigenvalue weighted by atomic mass is 16.2. The average molecular weight is 223 g/mol. The van der Waals surface area contributed by atoms with Gasteiger partial charge in [-0.25, -0.2) is 0 Å². The van der Waals surface area contributed by atoms with Crippen molar-refractivity contribution in [3.8, 4) is 6.07 Å². The van der Waals surface area contributed by atoms with Gasteiger partial charge in [-0.05, 0) is 27.3 Å². The molecule has 1 saturated heterocycles. The van der Waals surface area contributed by atoms with E-state index >= 15 is 0 Å². The molecule has 0 spiro atoms. The predicted octanol–water partition coefficient (Wildman–Crippen LogP) is 1.09. The monoisotopic (exact) mass is 223 g/mol. The van der Waals surface area contributed by atoms with E-state index in [1.807, 2.05) is 4.90 Å². The molecule has 1 unspecified atom stereocenters. The topological polar surface area (TPSA) is 47.3 Å². The second-order valence-electron chi connectivity index (χ2n) is 5.03. The molecule has 1 heterocycles. The lowest BCUT2D eigenvalue weighted by Crippen LogP contribution is -2.55. The zero-order valence-electron chi connectivity index (χ0n) is 10.7. The fourth-order valence-electron chi connectivity index (χ4n) is 2.01. The summed E-state index contributed by atoms with van der Waals surface area (Å²) in [6.07, 6.45) is 1.03. The Kier molecular flexibility index (Phi) is 3.93. The summed E-state index contributed by atoms with van der Waals surface area (Å²) in [6, 6.07) is 2.50. The number of hydrogen-bond acceptors (Lipinski definition) is 3. The summed E-state index contributed by atoms with van der Waals surface area (Å²) in [7, 11) is 2.09. The van der Waals surface area contributed by atoms with Crippen molar-refractivity contribution in [2.45, 2.75) is 33.2 Å². The van der Waals surface area contributed by atoms with Crippen LogP contribution in [0.3, 0.4) is 0 Å². The number of nitrogens with zero attached hydrogens (tertiary/aromatic N) is 3. The van der Waals surface area contributed by atoms with Gasteiger partial charge in [0.2, 0.25) is 5.91 Å². The van der Waals surface area contributed by atoms with Crippen molar-refractivity contribution in [2.24, 2.45) is 5.41 Å². The molecule has 4 nitrogen and oxygen atoms in total. The van der Waals surface area contributed by atoms with E-state index in [1.165, 1.54) is 0 Å². The summed E-state index contributed by atoms with van der Waals surface area (Å²) in [5.74, 6) is -0.0402. The normalized spacial score (nSPS) is 22.9. The standard InChI is InChI=1S/C12H21N3O/c1-5-10-8-15(7-6-14(10)4)11(16)12(2,3)9-13/h10H,5-8H2,1-4H3. The number of carbonyl (C=O) groups excluding carboxylic acids is 1. The van der Waals surface area contributed by atoms with Crippen LogP contribution in [0.5, 0.6) is 0 Å². The van der Waals surface area contributed by atoms with Crippen molar-refractivity contribution >= 4 is 5.91 Å². The van der Waals surface area contributed by atoms with Gasteiger partial charge in [-0.15, -0.1) is 0 Å². The van der Waals surface area contributed by atoms with Gasteiger partial charge in [-0.1, -0.05) is 6.92 Å². The van der Waals surface area contributed by atoms with Gasteiger partial charge in [0.05, 0.1) is 6.07 Å². The molecule has 0 N–H and O–H groups in total. The summed E-state index contributed by atoms with van der Waals surface area (Å²) in [5.41, 5.74) is -0.895. The third kappa shape index (κ3) is 2.53. The molecule has 0 saturated carbocycles. The van der Waals surface area contributed by atoms with E-state index in [2.05, 4.69) is 24.9 Å². The Bertz CT molecular complexity index is 306. The Morgan fingerprint density at radius 1 is 1.50 bits per heavy atom. The minimum absolute atomic E-state index is 0.0402. The Morgan fingerprint density at radius 2 is 2.12 bits per heavy atom. The number of carbonyl (C=O) groups is 1. The van der Waals surface area contributed by atoms with E-state index < -0.39 is 5.41 Å². The lowest BCUT2D eigenvalue weighted by Gasteiger charge is -2.40. The predicted molar refractivity (Wildman–Crippen MR) is 62.7 cm³/mol. The maximum absolute atomic E-state index is 12.1. The van der Waals surface area contributed by atoms with Gasteiger partial charge in [0.1, 0.15) is 5.41 Å². The Labute approximate surface area is 97.8 Å². The third-order valence-corrected chi connectivity index (χ3v) is 3.35. The Morgan fingerprint density at radius 3 is 2.62 bits per heavy atom. The molecule has 1 aliphatic heterocycles. The van der Waals surface area contributed by atoms with Crippen molar-refractivity contribution in [1.82, 2.24) is 9.80 Å². The van der Waals surface area contributed by atoms with E-state index in [-0.39, 0.29) is 5.91 Å². The lowest BCUT2D eigenvalue weighted by molar-refractivity contribution is -0.140. The molecule has 1 rings (SSSR count). The SMILES string of the molecule is CCC1CN(C(=O)C(C)(C)C#N)CCN1C. The Hall–Kier alpha value is -1.08. The molecule has 4 heteroatoms. The minimum Gasteiger partial charge on any atom is -0.338 e. The Balaban J connectivity index is 2.70. The molecule has 0 radical (unpaired) electrons. The summed E-state index contributed by atoms with van der Waals surface area (Å²) >= 11 is 0. The second kappa shape index (κ2) is 4.84. The molecular weight excluding hydrogens is 202 g/mol. The van der Waals surface area contributed by atoms with Crippen LogP contribution in [-0.4, -0.2) is 48.4 Å². The fourth-order valence-corrected chi connectivity index (χ4v) is 2.01. The zero-order chi connectivity index (χ0) is 12.3. The van der Waals surface area contributed by atoms with Gasteiger partial charge in [-0.3, -0.25) is 9.69 Å². The van der Waals surface area contributed by atoms with Gasteiger partial charge >= 0.3 is 0 Å². The highest BCUT2D eigenvalue weighted by Gasteiger charge is 2.35. The molecule has 90 valence electrons. The number of hydrogen-bond donors (Lipinski definition) is 0. The molecule has 1 amide bonds. The molecule has 0 aromatic rings. The molecule has 0 bridgehead atoms. The van der Waals surface area contributed by atoms with Gasteiger partial charge in [-0.2, -0.15) is 5.26 Å². The maximum atomic E-state index is 12.1. The van der Waals surface area contributed by atoms with Crippen molar-refractivity contribution in [3.63, 3.8) is 0 Å². The lowest BCUT2D eigenvalue weighted by atomic mass is 9.93. The van der Waals surface area contributed by atoms with Crippen LogP contribution in [0.1, 0.15) is 27.2 Å². The van der Waals surface area contributed by atoms with Crippen LogP contribution in [0, 0.1) is 16.7 Å². The molecule has 1 aliphatic rings. The summed E-state index contributed by atoms with van der Waals surface area (Å²) in [4.78, 5) is 16.2. The van der Waals surface area contributed by atoms with Crippen molar-refractivity contribution < 1.29 is 4.79 Å². The first kappa shape index (κ1) is 13.0. The largest absolute Gasteiger partial charge is 0.338 e. The summed E-state index contributed by atoms with van der Waals surface area (Å²) < 4.78 is 0. The van der Waals surface area contributed by atoms with Crippen LogP contribution in [0.25, 0.3) is 0 Å². The van der Waals surface area contributed by atoms with Crippen LogP contribution in [-0.2, 0) is 4.79 Å². The first-order valence-electron chi connectivity index (χ1n) is 5.83. The van der Waals surface area contributed by atoms with E-state index in [9.17, 15) is 4.79 Å². The molecule has 16 heavy (non-hydrogen) atoms. The molecule has 0 aromatic heterocycles. The first-order valence-corrected chi connectivity index (χ1v) is 5.83. The highest BCUT2D eigenvalue weighted by Crippen LogP contribution is 2.20. The van der Waals surface area contributed by atoms with Crippen molar-refractivity contribution in [3.05, 3.63) is 0 Å².